The summed E-state index contributed by atoms with van der Waals surface area (Å²) in [6, 6.07) is 10.5. The van der Waals surface area contributed by atoms with E-state index in [0.717, 1.165) is 5.56 Å². The highest BCUT2D eigenvalue weighted by atomic mass is 32.1. The van der Waals surface area contributed by atoms with Crippen LogP contribution >= 0.6 is 11.3 Å². The van der Waals surface area contributed by atoms with E-state index >= 15 is 0 Å². The van der Waals surface area contributed by atoms with Crippen molar-refractivity contribution >= 4 is 28.2 Å². The number of ether oxygens (including phenoxy) is 2. The third kappa shape index (κ3) is 4.52. The molecule has 0 saturated heterocycles. The molecule has 0 bridgehead atoms. The van der Waals surface area contributed by atoms with Crippen molar-refractivity contribution < 1.29 is 23.5 Å². The molecule has 2 aromatic heterocycles. The number of hydrogen-bond acceptors (Lipinski definition) is 6. The molecule has 3 aromatic rings. The molecule has 0 fully saturated rings. The second kappa shape index (κ2) is 9.09. The average Bonchev–Trinajstić information content (AvgIpc) is 3.39. The number of furan rings is 1. The first-order valence-corrected chi connectivity index (χ1v) is 9.41. The van der Waals surface area contributed by atoms with Gasteiger partial charge in [-0.25, -0.2) is 0 Å². The van der Waals surface area contributed by atoms with Crippen LogP contribution in [-0.2, 0) is 6.42 Å². The van der Waals surface area contributed by atoms with Gasteiger partial charge in [0.15, 0.2) is 17.3 Å². The minimum Gasteiger partial charge on any atom is -0.493 e. The van der Waals surface area contributed by atoms with Gasteiger partial charge in [0.2, 0.25) is 0 Å². The molecule has 7 nitrogen and oxygen atoms in total. The number of carbonyl (C=O) groups is 2. The molecular weight excluding hydrogens is 380 g/mol. The van der Waals surface area contributed by atoms with Crippen LogP contribution < -0.4 is 20.1 Å². The number of amides is 2. The predicted molar refractivity (Wildman–Crippen MR) is 107 cm³/mol. The van der Waals surface area contributed by atoms with E-state index in [2.05, 4.69) is 10.6 Å². The van der Waals surface area contributed by atoms with Gasteiger partial charge in [-0.15, -0.1) is 11.3 Å². The summed E-state index contributed by atoms with van der Waals surface area (Å²) >= 11 is 1.28. The molecule has 0 unspecified atom stereocenters. The van der Waals surface area contributed by atoms with Crippen LogP contribution in [0.5, 0.6) is 11.5 Å². The highest BCUT2D eigenvalue weighted by Crippen LogP contribution is 2.28. The van der Waals surface area contributed by atoms with Gasteiger partial charge < -0.3 is 24.5 Å². The number of methoxy groups -OCH3 is 2. The topological polar surface area (TPSA) is 89.8 Å². The zero-order chi connectivity index (χ0) is 19.9. The summed E-state index contributed by atoms with van der Waals surface area (Å²) in [4.78, 5) is 24.6. The Morgan fingerprint density at radius 3 is 2.61 bits per heavy atom. The Kier molecular flexibility index (Phi) is 6.33. The lowest BCUT2D eigenvalue weighted by Crippen LogP contribution is -2.26. The quantitative estimate of drug-likeness (QED) is 0.603. The first-order valence-electron chi connectivity index (χ1n) is 8.54. The maximum Gasteiger partial charge on any atom is 0.291 e. The standard InChI is InChI=1S/C20H20N2O5S/c1-25-15-6-5-13(12-17(15)26-2)7-9-21-18(23)14-8-11-28-20(14)22-19(24)16-4-3-10-27-16/h3-6,8,10-12H,7,9H2,1-2H3,(H,21,23)(H,22,24). The molecule has 2 N–H and O–H groups in total. The Labute approximate surface area is 166 Å². The fourth-order valence-corrected chi connectivity index (χ4v) is 3.39. The lowest BCUT2D eigenvalue weighted by molar-refractivity contribution is 0.0955. The summed E-state index contributed by atoms with van der Waals surface area (Å²) < 4.78 is 15.6. The Bertz CT molecular complexity index is 949. The minimum absolute atomic E-state index is 0.188. The molecule has 28 heavy (non-hydrogen) atoms. The van der Waals surface area contributed by atoms with Gasteiger partial charge in [-0.3, -0.25) is 9.59 Å². The summed E-state index contributed by atoms with van der Waals surface area (Å²) in [6.45, 7) is 0.440. The van der Waals surface area contributed by atoms with Gasteiger partial charge in [0, 0.05) is 6.54 Å². The molecule has 0 radical (unpaired) electrons. The van der Waals surface area contributed by atoms with Gasteiger partial charge in [-0.05, 0) is 47.7 Å². The number of hydrogen-bond donors (Lipinski definition) is 2. The number of nitrogens with one attached hydrogen (secondary N) is 2. The molecule has 3 rings (SSSR count). The number of benzene rings is 1. The zero-order valence-electron chi connectivity index (χ0n) is 15.5. The van der Waals surface area contributed by atoms with Crippen LogP contribution in [0.25, 0.3) is 0 Å². The number of rotatable bonds is 8. The summed E-state index contributed by atoms with van der Waals surface area (Å²) in [5.41, 5.74) is 1.42. The first-order chi connectivity index (χ1) is 13.6. The van der Waals surface area contributed by atoms with E-state index in [1.54, 1.807) is 37.8 Å². The van der Waals surface area contributed by atoms with Crippen LogP contribution in [0.3, 0.4) is 0 Å². The van der Waals surface area contributed by atoms with Crippen molar-refractivity contribution in [3.05, 3.63) is 64.9 Å². The van der Waals surface area contributed by atoms with Crippen LogP contribution in [-0.4, -0.2) is 32.6 Å². The van der Waals surface area contributed by atoms with Crippen molar-refractivity contribution in [3.8, 4) is 11.5 Å². The van der Waals surface area contributed by atoms with Crippen molar-refractivity contribution in [1.29, 1.82) is 0 Å². The van der Waals surface area contributed by atoms with Crippen molar-refractivity contribution in [1.82, 2.24) is 5.32 Å². The predicted octanol–water partition coefficient (Wildman–Crippen LogP) is 3.58. The van der Waals surface area contributed by atoms with Crippen LogP contribution in [0.2, 0.25) is 0 Å². The molecule has 0 spiro atoms. The first kappa shape index (κ1) is 19.5. The maximum absolute atomic E-state index is 12.5. The third-order valence-electron chi connectivity index (χ3n) is 4.03. The van der Waals surface area contributed by atoms with Gasteiger partial charge >= 0.3 is 0 Å². The molecule has 0 aliphatic rings. The summed E-state index contributed by atoms with van der Waals surface area (Å²) in [5.74, 6) is 0.842. The minimum atomic E-state index is -0.396. The van der Waals surface area contributed by atoms with Crippen molar-refractivity contribution in [3.63, 3.8) is 0 Å². The Hall–Kier alpha value is -3.26. The number of thiophene rings is 1. The maximum atomic E-state index is 12.5. The second-order valence-corrected chi connectivity index (χ2v) is 6.71. The second-order valence-electron chi connectivity index (χ2n) is 5.79. The van der Waals surface area contributed by atoms with E-state index < -0.39 is 5.91 Å². The lowest BCUT2D eigenvalue weighted by atomic mass is 10.1. The van der Waals surface area contributed by atoms with Crippen molar-refractivity contribution in [2.75, 3.05) is 26.1 Å². The summed E-state index contributed by atoms with van der Waals surface area (Å²) in [5, 5.41) is 7.80. The highest BCUT2D eigenvalue weighted by Gasteiger charge is 2.17. The molecule has 0 aliphatic carbocycles. The van der Waals surface area contributed by atoms with Gasteiger partial charge in [0.25, 0.3) is 11.8 Å². The molecule has 146 valence electrons. The number of carbonyl (C=O) groups excluding carboxylic acids is 2. The molecule has 0 saturated carbocycles. The average molecular weight is 400 g/mol. The lowest BCUT2D eigenvalue weighted by Gasteiger charge is -2.10. The fourth-order valence-electron chi connectivity index (χ4n) is 2.61. The summed E-state index contributed by atoms with van der Waals surface area (Å²) in [6.07, 6.45) is 2.05. The molecule has 1 aromatic carbocycles. The molecule has 8 heteroatoms. The fraction of sp³-hybridized carbons (Fsp3) is 0.200. The van der Waals surface area contributed by atoms with E-state index in [-0.39, 0.29) is 11.7 Å². The van der Waals surface area contributed by atoms with E-state index in [1.807, 2.05) is 18.2 Å². The van der Waals surface area contributed by atoms with E-state index in [0.29, 0.717) is 35.0 Å². The van der Waals surface area contributed by atoms with Gasteiger partial charge in [0.05, 0.1) is 26.0 Å². The van der Waals surface area contributed by atoms with Gasteiger partial charge in [-0.2, -0.15) is 0 Å². The molecule has 0 aliphatic heterocycles. The monoisotopic (exact) mass is 400 g/mol. The van der Waals surface area contributed by atoms with Crippen LogP contribution in [0.15, 0.2) is 52.5 Å². The van der Waals surface area contributed by atoms with Crippen molar-refractivity contribution in [2.45, 2.75) is 6.42 Å². The van der Waals surface area contributed by atoms with Crippen LogP contribution in [0, 0.1) is 0 Å². The molecular formula is C20H20N2O5S. The molecule has 2 heterocycles. The summed E-state index contributed by atoms with van der Waals surface area (Å²) in [7, 11) is 3.17. The Morgan fingerprint density at radius 2 is 1.89 bits per heavy atom. The van der Waals surface area contributed by atoms with Gasteiger partial charge in [-0.1, -0.05) is 6.07 Å². The van der Waals surface area contributed by atoms with Crippen LogP contribution in [0.4, 0.5) is 5.00 Å². The molecule has 0 atom stereocenters. The van der Waals surface area contributed by atoms with Crippen molar-refractivity contribution in [2.24, 2.45) is 0 Å². The largest absolute Gasteiger partial charge is 0.493 e. The number of anilines is 1. The van der Waals surface area contributed by atoms with E-state index in [1.165, 1.54) is 17.6 Å². The Morgan fingerprint density at radius 1 is 1.07 bits per heavy atom. The molecule has 2 amide bonds. The Balaban J connectivity index is 1.57. The van der Waals surface area contributed by atoms with E-state index in [9.17, 15) is 9.59 Å². The highest BCUT2D eigenvalue weighted by molar-refractivity contribution is 7.14. The van der Waals surface area contributed by atoms with E-state index in [4.69, 9.17) is 13.9 Å². The normalized spacial score (nSPS) is 10.4. The van der Waals surface area contributed by atoms with Gasteiger partial charge in [0.1, 0.15) is 5.00 Å². The zero-order valence-corrected chi connectivity index (χ0v) is 16.3. The van der Waals surface area contributed by atoms with Crippen LogP contribution in [0.1, 0.15) is 26.5 Å². The third-order valence-corrected chi connectivity index (χ3v) is 4.86. The smallest absolute Gasteiger partial charge is 0.291 e. The SMILES string of the molecule is COc1ccc(CCNC(=O)c2ccsc2NC(=O)c2ccco2)cc1OC.